The molecule has 3 aliphatic rings. The molecule has 0 spiro atoms. The zero-order valence-electron chi connectivity index (χ0n) is 41.0. The first-order chi connectivity index (χ1) is 30.1. The highest BCUT2D eigenvalue weighted by Gasteiger charge is 2.41. The molecule has 0 saturated carbocycles. The van der Waals surface area contributed by atoms with Crippen molar-refractivity contribution in [3.63, 3.8) is 0 Å². The highest BCUT2D eigenvalue weighted by Crippen LogP contribution is 2.53. The Morgan fingerprint density at radius 2 is 0.750 bits per heavy atom. The summed E-state index contributed by atoms with van der Waals surface area (Å²) in [6.45, 7) is 31.5. The lowest BCUT2D eigenvalue weighted by molar-refractivity contribution is 0.332. The van der Waals surface area contributed by atoms with Crippen LogP contribution in [-0.2, 0) is 32.5 Å². The number of benzene rings is 6. The SMILES string of the molecule is Cc1cc(N(c2ccc3c(c2)C(C)(C)CCC3(C)C)c2ccc3c(c2)C(C)(C)CCC3(C)C)cc(N(c2ccc3c(c2)C(C)(C)CCC3(C)C)c2cccc3c2oc2ccccc23)c1. The summed E-state index contributed by atoms with van der Waals surface area (Å²) in [5.74, 6) is 0. The predicted octanol–water partition coefficient (Wildman–Crippen LogP) is 17.9. The summed E-state index contributed by atoms with van der Waals surface area (Å²) in [4.78, 5) is 5.04. The normalized spacial score (nSPS) is 19.7. The van der Waals surface area contributed by atoms with Crippen LogP contribution in [0.15, 0.2) is 120 Å². The lowest BCUT2D eigenvalue weighted by Gasteiger charge is -2.43. The Hall–Kier alpha value is -5.28. The fraction of sp³-hybridized carbons (Fsp3) is 0.410. The molecule has 0 N–H and O–H groups in total. The molecule has 0 atom stereocenters. The van der Waals surface area contributed by atoms with Crippen molar-refractivity contribution >= 4 is 56.1 Å². The van der Waals surface area contributed by atoms with Gasteiger partial charge in [-0.05, 0) is 184 Å². The van der Waals surface area contributed by atoms with Crippen LogP contribution in [0.4, 0.5) is 34.1 Å². The molecule has 64 heavy (non-hydrogen) atoms. The van der Waals surface area contributed by atoms with Gasteiger partial charge in [0.1, 0.15) is 5.58 Å². The number of hydrogen-bond donors (Lipinski definition) is 0. The highest BCUT2D eigenvalue weighted by molar-refractivity contribution is 6.10. The minimum absolute atomic E-state index is 0.0516. The number of furan rings is 1. The van der Waals surface area contributed by atoms with Gasteiger partial charge >= 0.3 is 0 Å². The van der Waals surface area contributed by atoms with E-state index >= 15 is 0 Å². The molecule has 1 heterocycles. The summed E-state index contributed by atoms with van der Waals surface area (Å²) in [6, 6.07) is 44.4. The van der Waals surface area contributed by atoms with E-state index in [1.807, 2.05) is 0 Å². The van der Waals surface area contributed by atoms with Crippen molar-refractivity contribution in [2.45, 2.75) is 161 Å². The van der Waals surface area contributed by atoms with Crippen LogP contribution >= 0.6 is 0 Å². The fourth-order valence-electron chi connectivity index (χ4n) is 11.9. The van der Waals surface area contributed by atoms with Gasteiger partial charge in [-0.2, -0.15) is 0 Å². The Bertz CT molecular complexity index is 2910. The quantitative estimate of drug-likeness (QED) is 0.166. The van der Waals surface area contributed by atoms with Crippen LogP contribution in [0.1, 0.15) is 161 Å². The van der Waals surface area contributed by atoms with Crippen molar-refractivity contribution in [1.82, 2.24) is 0 Å². The monoisotopic (exact) mass is 847 g/mol. The van der Waals surface area contributed by atoms with E-state index in [4.69, 9.17) is 4.42 Å². The van der Waals surface area contributed by atoms with Gasteiger partial charge in [0.05, 0.1) is 5.69 Å². The second-order valence-electron chi connectivity index (χ2n) is 23.9. The third-order valence-corrected chi connectivity index (χ3v) is 16.5. The van der Waals surface area contributed by atoms with Gasteiger partial charge in [-0.3, -0.25) is 0 Å². The van der Waals surface area contributed by atoms with E-state index in [0.717, 1.165) is 51.1 Å². The van der Waals surface area contributed by atoms with E-state index < -0.39 is 0 Å². The second-order valence-corrected chi connectivity index (χ2v) is 23.9. The topological polar surface area (TPSA) is 19.6 Å². The van der Waals surface area contributed by atoms with E-state index in [1.165, 1.54) is 82.4 Å². The third kappa shape index (κ3) is 6.90. The van der Waals surface area contributed by atoms with Crippen LogP contribution in [0.25, 0.3) is 21.9 Å². The average molecular weight is 847 g/mol. The number of anilines is 6. The van der Waals surface area contributed by atoms with Gasteiger partial charge in [0.15, 0.2) is 5.58 Å². The third-order valence-electron chi connectivity index (χ3n) is 16.5. The molecule has 7 aromatic rings. The second kappa shape index (κ2) is 14.4. The zero-order valence-corrected chi connectivity index (χ0v) is 41.0. The average Bonchev–Trinajstić information content (AvgIpc) is 3.63. The van der Waals surface area contributed by atoms with Gasteiger partial charge in [-0.15, -0.1) is 0 Å². The first kappa shape index (κ1) is 42.7. The van der Waals surface area contributed by atoms with E-state index in [2.05, 4.69) is 215 Å². The number of aryl methyl sites for hydroxylation is 1. The molecule has 3 nitrogen and oxygen atoms in total. The molecule has 3 heteroatoms. The van der Waals surface area contributed by atoms with Gasteiger partial charge in [0.25, 0.3) is 0 Å². The van der Waals surface area contributed by atoms with Crippen LogP contribution in [-0.4, -0.2) is 0 Å². The Balaban J connectivity index is 1.24. The Labute approximate surface area is 383 Å². The maximum Gasteiger partial charge on any atom is 0.159 e. The van der Waals surface area contributed by atoms with Crippen LogP contribution in [0.5, 0.6) is 0 Å². The molecule has 10 rings (SSSR count). The molecule has 330 valence electrons. The Kier molecular flexibility index (Phi) is 9.57. The summed E-state index contributed by atoms with van der Waals surface area (Å²) in [7, 11) is 0. The van der Waals surface area contributed by atoms with Crippen LogP contribution in [0.3, 0.4) is 0 Å². The van der Waals surface area contributed by atoms with E-state index in [0.29, 0.717) is 0 Å². The molecule has 0 radical (unpaired) electrons. The molecule has 0 unspecified atom stereocenters. The molecule has 0 saturated heterocycles. The van der Waals surface area contributed by atoms with Gasteiger partial charge in [0.2, 0.25) is 0 Å². The lowest BCUT2D eigenvalue weighted by Crippen LogP contribution is -2.34. The molecule has 0 bridgehead atoms. The van der Waals surface area contributed by atoms with Crippen molar-refractivity contribution in [1.29, 1.82) is 0 Å². The molecule has 0 amide bonds. The number of nitrogens with zero attached hydrogens (tertiary/aromatic N) is 2. The minimum Gasteiger partial charge on any atom is -0.454 e. The van der Waals surface area contributed by atoms with Gasteiger partial charge in [-0.1, -0.05) is 132 Å². The van der Waals surface area contributed by atoms with Crippen molar-refractivity contribution in [3.8, 4) is 0 Å². The molecular weight excluding hydrogens is 777 g/mol. The van der Waals surface area contributed by atoms with E-state index in [1.54, 1.807) is 0 Å². The smallest absolute Gasteiger partial charge is 0.159 e. The van der Waals surface area contributed by atoms with Crippen LogP contribution in [0.2, 0.25) is 0 Å². The van der Waals surface area contributed by atoms with Crippen molar-refractivity contribution in [2.75, 3.05) is 9.80 Å². The van der Waals surface area contributed by atoms with E-state index in [9.17, 15) is 0 Å². The highest BCUT2D eigenvalue weighted by atomic mass is 16.3. The van der Waals surface area contributed by atoms with E-state index in [-0.39, 0.29) is 32.5 Å². The first-order valence-electron chi connectivity index (χ1n) is 24.1. The molecule has 0 fully saturated rings. The standard InChI is InChI=1S/C61H70N2O/c1-39-33-43(62(40-21-24-47-50(36-40)59(8,9)30-27-56(47,2)3)41-22-25-48-51(37-41)60(10,11)31-28-57(48,4)5)35-44(34-39)63(42-23-26-49-52(38-42)61(12,13)32-29-58(49,6)7)53-19-16-18-46-45-17-14-15-20-54(45)64-55(46)53/h14-26,33-38H,27-32H2,1-13H3. The number of hydrogen-bond acceptors (Lipinski definition) is 3. The minimum atomic E-state index is 0.0516. The Morgan fingerprint density at radius 1 is 0.359 bits per heavy atom. The van der Waals surface area contributed by atoms with Crippen molar-refractivity contribution in [3.05, 3.63) is 154 Å². The maximum absolute atomic E-state index is 6.87. The maximum atomic E-state index is 6.87. The van der Waals surface area contributed by atoms with Crippen LogP contribution < -0.4 is 9.80 Å². The first-order valence-corrected chi connectivity index (χ1v) is 24.1. The molecule has 1 aromatic heterocycles. The number of fused-ring (bicyclic) bond motifs is 6. The van der Waals surface area contributed by atoms with Gasteiger partial charge in [-0.25, -0.2) is 0 Å². The largest absolute Gasteiger partial charge is 0.454 e. The summed E-state index contributed by atoms with van der Waals surface area (Å²) < 4.78 is 6.87. The molecule has 6 aromatic carbocycles. The molecular formula is C61H70N2O. The number of para-hydroxylation sites is 2. The lowest BCUT2D eigenvalue weighted by atomic mass is 9.63. The van der Waals surface area contributed by atoms with Gasteiger partial charge < -0.3 is 14.2 Å². The van der Waals surface area contributed by atoms with Gasteiger partial charge in [0, 0.05) is 39.2 Å². The molecule has 0 aliphatic heterocycles. The zero-order chi connectivity index (χ0) is 45.4. The summed E-state index contributed by atoms with van der Waals surface area (Å²) in [5.41, 5.74) is 19.2. The predicted molar refractivity (Wildman–Crippen MR) is 274 cm³/mol. The van der Waals surface area contributed by atoms with Crippen molar-refractivity contribution < 1.29 is 4.42 Å². The molecule has 3 aliphatic carbocycles. The summed E-state index contributed by atoms with van der Waals surface area (Å²) >= 11 is 0. The number of rotatable bonds is 6. The Morgan fingerprint density at radius 3 is 1.22 bits per heavy atom. The summed E-state index contributed by atoms with van der Waals surface area (Å²) in [6.07, 6.45) is 7.06. The summed E-state index contributed by atoms with van der Waals surface area (Å²) in [5, 5.41) is 2.27. The van der Waals surface area contributed by atoms with Crippen LogP contribution in [0, 0.1) is 6.92 Å². The fourth-order valence-corrected chi connectivity index (χ4v) is 11.9. The van der Waals surface area contributed by atoms with Crippen molar-refractivity contribution in [2.24, 2.45) is 0 Å².